The van der Waals surface area contributed by atoms with Crippen molar-refractivity contribution in [1.82, 2.24) is 9.80 Å². The molecule has 0 saturated carbocycles. The topological polar surface area (TPSA) is 23.6 Å². The molecule has 0 unspecified atom stereocenters. The summed E-state index contributed by atoms with van der Waals surface area (Å²) < 4.78 is 0. The van der Waals surface area contributed by atoms with Gasteiger partial charge in [-0.25, -0.2) is 0 Å². The molecular weight excluding hydrogens is 308 g/mol. The number of fused-ring (bicyclic) bond motifs is 1. The van der Waals surface area contributed by atoms with Crippen molar-refractivity contribution in [3.63, 3.8) is 0 Å². The lowest BCUT2D eigenvalue weighted by molar-refractivity contribution is 0.0608. The van der Waals surface area contributed by atoms with Gasteiger partial charge in [-0.2, -0.15) is 0 Å². The second kappa shape index (κ2) is 7.11. The summed E-state index contributed by atoms with van der Waals surface area (Å²) in [7, 11) is 0. The van der Waals surface area contributed by atoms with Crippen LogP contribution < -0.4 is 0 Å². The Bertz CT molecular complexity index is 621. The van der Waals surface area contributed by atoms with E-state index < -0.39 is 0 Å². The van der Waals surface area contributed by atoms with Crippen LogP contribution in [0.3, 0.4) is 0 Å². The molecule has 2 heterocycles. The van der Waals surface area contributed by atoms with Crippen LogP contribution in [0.4, 0.5) is 0 Å². The van der Waals surface area contributed by atoms with E-state index >= 15 is 0 Å². The van der Waals surface area contributed by atoms with Crippen molar-refractivity contribution in [2.75, 3.05) is 19.6 Å². The first-order valence-corrected chi connectivity index (χ1v) is 9.91. The highest BCUT2D eigenvalue weighted by molar-refractivity contribution is 5.94. The zero-order valence-electron chi connectivity index (χ0n) is 16.6. The van der Waals surface area contributed by atoms with Crippen molar-refractivity contribution in [2.45, 2.75) is 66.5 Å². The molecule has 0 aliphatic carbocycles. The highest BCUT2D eigenvalue weighted by atomic mass is 16.2. The van der Waals surface area contributed by atoms with Crippen LogP contribution in [-0.2, 0) is 13.0 Å². The van der Waals surface area contributed by atoms with E-state index in [0.29, 0.717) is 11.5 Å². The number of amides is 1. The first-order chi connectivity index (χ1) is 11.8. The first-order valence-electron chi connectivity index (χ1n) is 9.91. The van der Waals surface area contributed by atoms with Crippen LogP contribution >= 0.6 is 0 Å². The van der Waals surface area contributed by atoms with Gasteiger partial charge in [0.25, 0.3) is 5.91 Å². The van der Waals surface area contributed by atoms with Crippen molar-refractivity contribution >= 4 is 5.91 Å². The molecule has 0 bridgehead atoms. The number of carbonyl (C=O) groups is 1. The van der Waals surface area contributed by atoms with E-state index in [0.717, 1.165) is 56.9 Å². The van der Waals surface area contributed by atoms with Gasteiger partial charge >= 0.3 is 0 Å². The van der Waals surface area contributed by atoms with Gasteiger partial charge in [0.2, 0.25) is 0 Å². The maximum Gasteiger partial charge on any atom is 0.253 e. The summed E-state index contributed by atoms with van der Waals surface area (Å²) in [5.74, 6) is 0.948. The minimum atomic E-state index is 0.224. The Morgan fingerprint density at radius 1 is 1.08 bits per heavy atom. The predicted octanol–water partition coefficient (Wildman–Crippen LogP) is 4.35. The Balaban J connectivity index is 1.66. The number of nitrogens with zero attached hydrogens (tertiary/aromatic N) is 2. The molecule has 1 amide bonds. The molecule has 138 valence electrons. The zero-order chi connectivity index (χ0) is 18.2. The number of piperidine rings is 1. The SMILES string of the molecule is CC(C)N1CCc2cc(C(=O)N3CCC(C(C)(C)C)CC3)ccc2C1. The van der Waals surface area contributed by atoms with Crippen LogP contribution in [0.1, 0.15) is 68.9 Å². The second-order valence-electron chi connectivity index (χ2n) is 9.23. The van der Waals surface area contributed by atoms with Crippen molar-refractivity contribution in [2.24, 2.45) is 11.3 Å². The minimum absolute atomic E-state index is 0.224. The number of hydrogen-bond donors (Lipinski definition) is 0. The molecule has 0 spiro atoms. The summed E-state index contributed by atoms with van der Waals surface area (Å²) in [4.78, 5) is 17.5. The molecule has 3 heteroatoms. The fraction of sp³-hybridized carbons (Fsp3) is 0.682. The number of benzene rings is 1. The van der Waals surface area contributed by atoms with Crippen LogP contribution in [0.15, 0.2) is 18.2 Å². The maximum absolute atomic E-state index is 12.9. The van der Waals surface area contributed by atoms with Gasteiger partial charge in [-0.3, -0.25) is 9.69 Å². The third-order valence-electron chi connectivity index (χ3n) is 6.23. The molecule has 3 nitrogen and oxygen atoms in total. The van der Waals surface area contributed by atoms with Gasteiger partial charge in [-0.1, -0.05) is 26.8 Å². The van der Waals surface area contributed by atoms with Gasteiger partial charge in [-0.05, 0) is 67.7 Å². The van der Waals surface area contributed by atoms with Gasteiger partial charge in [0.1, 0.15) is 0 Å². The Morgan fingerprint density at radius 2 is 1.76 bits per heavy atom. The van der Waals surface area contributed by atoms with Crippen molar-refractivity contribution in [1.29, 1.82) is 0 Å². The Morgan fingerprint density at radius 3 is 2.36 bits per heavy atom. The van der Waals surface area contributed by atoms with Gasteiger partial charge in [0.15, 0.2) is 0 Å². The fourth-order valence-corrected chi connectivity index (χ4v) is 4.28. The first kappa shape index (κ1) is 18.4. The van der Waals surface area contributed by atoms with Gasteiger partial charge in [-0.15, -0.1) is 0 Å². The smallest absolute Gasteiger partial charge is 0.253 e. The summed E-state index contributed by atoms with van der Waals surface area (Å²) in [5.41, 5.74) is 3.99. The van der Waals surface area contributed by atoms with Gasteiger partial charge in [0.05, 0.1) is 0 Å². The third kappa shape index (κ3) is 4.08. The predicted molar refractivity (Wildman–Crippen MR) is 104 cm³/mol. The molecule has 0 aromatic heterocycles. The number of hydrogen-bond acceptors (Lipinski definition) is 2. The summed E-state index contributed by atoms with van der Waals surface area (Å²) >= 11 is 0. The summed E-state index contributed by atoms with van der Waals surface area (Å²) in [6.45, 7) is 15.4. The summed E-state index contributed by atoms with van der Waals surface area (Å²) in [6.07, 6.45) is 3.31. The molecule has 2 aliphatic rings. The lowest BCUT2D eigenvalue weighted by Crippen LogP contribution is -2.41. The van der Waals surface area contributed by atoms with Crippen LogP contribution in [0.2, 0.25) is 0 Å². The second-order valence-corrected chi connectivity index (χ2v) is 9.23. The quantitative estimate of drug-likeness (QED) is 0.798. The Kier molecular flexibility index (Phi) is 5.24. The molecule has 1 aromatic rings. The van der Waals surface area contributed by atoms with Crippen LogP contribution in [0.25, 0.3) is 0 Å². The number of rotatable bonds is 2. The van der Waals surface area contributed by atoms with E-state index in [-0.39, 0.29) is 5.91 Å². The molecule has 0 N–H and O–H groups in total. The maximum atomic E-state index is 12.9. The zero-order valence-corrected chi connectivity index (χ0v) is 16.6. The molecule has 2 aliphatic heterocycles. The van der Waals surface area contributed by atoms with Crippen LogP contribution in [0.5, 0.6) is 0 Å². The lowest BCUT2D eigenvalue weighted by Gasteiger charge is -2.39. The summed E-state index contributed by atoms with van der Waals surface area (Å²) in [5, 5.41) is 0. The summed E-state index contributed by atoms with van der Waals surface area (Å²) in [6, 6.07) is 6.96. The minimum Gasteiger partial charge on any atom is -0.339 e. The molecule has 1 aromatic carbocycles. The third-order valence-corrected chi connectivity index (χ3v) is 6.23. The number of likely N-dealkylation sites (tertiary alicyclic amines) is 1. The molecule has 1 fully saturated rings. The van der Waals surface area contributed by atoms with Crippen molar-refractivity contribution < 1.29 is 4.79 Å². The van der Waals surface area contributed by atoms with Gasteiger partial charge < -0.3 is 4.90 Å². The van der Waals surface area contributed by atoms with E-state index in [1.165, 1.54) is 11.1 Å². The normalized spacial score (nSPS) is 20.0. The lowest BCUT2D eigenvalue weighted by atomic mass is 9.75. The highest BCUT2D eigenvalue weighted by Crippen LogP contribution is 2.34. The van der Waals surface area contributed by atoms with E-state index in [2.05, 4.69) is 56.6 Å². The average Bonchev–Trinajstić information content (AvgIpc) is 2.59. The monoisotopic (exact) mass is 342 g/mol. The average molecular weight is 343 g/mol. The number of carbonyl (C=O) groups excluding carboxylic acids is 1. The Labute approximate surface area is 153 Å². The fourth-order valence-electron chi connectivity index (χ4n) is 4.28. The molecule has 0 atom stereocenters. The largest absolute Gasteiger partial charge is 0.339 e. The highest BCUT2D eigenvalue weighted by Gasteiger charge is 2.31. The molecular formula is C22H34N2O. The molecule has 0 radical (unpaired) electrons. The van der Waals surface area contributed by atoms with E-state index in [1.54, 1.807) is 0 Å². The Hall–Kier alpha value is -1.35. The van der Waals surface area contributed by atoms with Crippen LogP contribution in [0, 0.1) is 11.3 Å². The van der Waals surface area contributed by atoms with E-state index in [4.69, 9.17) is 0 Å². The van der Waals surface area contributed by atoms with E-state index in [1.807, 2.05) is 6.07 Å². The molecule has 25 heavy (non-hydrogen) atoms. The molecule has 1 saturated heterocycles. The van der Waals surface area contributed by atoms with Crippen LogP contribution in [-0.4, -0.2) is 41.4 Å². The van der Waals surface area contributed by atoms with Crippen molar-refractivity contribution in [3.05, 3.63) is 34.9 Å². The van der Waals surface area contributed by atoms with Gasteiger partial charge in [0, 0.05) is 37.8 Å². The van der Waals surface area contributed by atoms with E-state index in [9.17, 15) is 4.79 Å². The standard InChI is InChI=1S/C22H34N2O/c1-16(2)24-11-8-17-14-18(6-7-19(17)15-24)21(25)23-12-9-20(10-13-23)22(3,4)5/h6-7,14,16,20H,8-13,15H2,1-5H3. The molecule has 3 rings (SSSR count). The van der Waals surface area contributed by atoms with Crippen molar-refractivity contribution in [3.8, 4) is 0 Å².